The van der Waals surface area contributed by atoms with Crippen molar-refractivity contribution in [1.82, 2.24) is 10.2 Å². The standard InChI is InChI=1S/C24H23FN4O3/c25-18-5-3-16(4-6-18)20-8-10-23(28-27-20)29-11-1-2-17(15-29)24(30)26-19-7-9-21-22(14-19)32-13-12-31-21/h3-10,14,17H,1-2,11-13,15H2,(H,26,30). The number of benzene rings is 2. The second-order valence-corrected chi connectivity index (χ2v) is 7.92. The van der Waals surface area contributed by atoms with Crippen LogP contribution in [0.25, 0.3) is 11.3 Å². The van der Waals surface area contributed by atoms with Crippen LogP contribution < -0.4 is 19.7 Å². The average Bonchev–Trinajstić information content (AvgIpc) is 2.85. The molecule has 1 amide bonds. The normalized spacial score (nSPS) is 17.7. The van der Waals surface area contributed by atoms with Crippen molar-refractivity contribution in [3.8, 4) is 22.8 Å². The van der Waals surface area contributed by atoms with Crippen molar-refractivity contribution in [2.45, 2.75) is 12.8 Å². The van der Waals surface area contributed by atoms with Crippen molar-refractivity contribution in [2.75, 3.05) is 36.5 Å². The van der Waals surface area contributed by atoms with Crippen LogP contribution in [0, 0.1) is 11.7 Å². The first-order valence-corrected chi connectivity index (χ1v) is 10.7. The first-order chi connectivity index (χ1) is 15.7. The number of piperidine rings is 1. The van der Waals surface area contributed by atoms with Crippen LogP contribution in [0.3, 0.4) is 0 Å². The van der Waals surface area contributed by atoms with E-state index in [1.807, 2.05) is 24.3 Å². The van der Waals surface area contributed by atoms with Crippen LogP contribution in [0.2, 0.25) is 0 Å². The van der Waals surface area contributed by atoms with Crippen LogP contribution >= 0.6 is 0 Å². The minimum Gasteiger partial charge on any atom is -0.486 e. The molecule has 2 aliphatic heterocycles. The molecule has 1 N–H and O–H groups in total. The Labute approximate surface area is 185 Å². The summed E-state index contributed by atoms with van der Waals surface area (Å²) in [5, 5.41) is 11.6. The highest BCUT2D eigenvalue weighted by Gasteiger charge is 2.27. The smallest absolute Gasteiger partial charge is 0.229 e. The van der Waals surface area contributed by atoms with Gasteiger partial charge in [-0.25, -0.2) is 4.39 Å². The molecule has 1 unspecified atom stereocenters. The van der Waals surface area contributed by atoms with Crippen LogP contribution in [0.15, 0.2) is 54.6 Å². The van der Waals surface area contributed by atoms with Crippen LogP contribution in [0.5, 0.6) is 11.5 Å². The van der Waals surface area contributed by atoms with Crippen molar-refractivity contribution in [3.63, 3.8) is 0 Å². The summed E-state index contributed by atoms with van der Waals surface area (Å²) >= 11 is 0. The van der Waals surface area contributed by atoms with E-state index >= 15 is 0 Å². The number of nitrogens with one attached hydrogen (secondary N) is 1. The van der Waals surface area contributed by atoms with Gasteiger partial charge in [0.25, 0.3) is 0 Å². The summed E-state index contributed by atoms with van der Waals surface area (Å²) in [5.74, 6) is 1.61. The highest BCUT2D eigenvalue weighted by molar-refractivity contribution is 5.93. The Kier molecular flexibility index (Phi) is 5.58. The Bertz CT molecular complexity index is 1110. The molecule has 1 saturated heterocycles. The van der Waals surface area contributed by atoms with Gasteiger partial charge in [-0.2, -0.15) is 0 Å². The number of amides is 1. The first kappa shape index (κ1) is 20.2. The molecule has 5 rings (SSSR count). The monoisotopic (exact) mass is 434 g/mol. The Hall–Kier alpha value is -3.68. The van der Waals surface area contributed by atoms with Crippen molar-refractivity contribution in [2.24, 2.45) is 5.92 Å². The van der Waals surface area contributed by atoms with Crippen LogP contribution in [0.4, 0.5) is 15.9 Å². The lowest BCUT2D eigenvalue weighted by Gasteiger charge is -2.32. The van der Waals surface area contributed by atoms with E-state index < -0.39 is 0 Å². The molecule has 0 saturated carbocycles. The average molecular weight is 434 g/mol. The minimum atomic E-state index is -0.285. The Morgan fingerprint density at radius 3 is 2.59 bits per heavy atom. The number of fused-ring (bicyclic) bond motifs is 1. The molecule has 3 aromatic rings. The summed E-state index contributed by atoms with van der Waals surface area (Å²) in [7, 11) is 0. The molecular weight excluding hydrogens is 411 g/mol. The van der Waals surface area contributed by atoms with Gasteiger partial charge in [-0.15, -0.1) is 10.2 Å². The number of halogens is 1. The zero-order chi connectivity index (χ0) is 21.9. The minimum absolute atomic E-state index is 0.0257. The van der Waals surface area contributed by atoms with E-state index in [-0.39, 0.29) is 17.6 Å². The summed E-state index contributed by atoms with van der Waals surface area (Å²) in [6, 6.07) is 15.4. The van der Waals surface area contributed by atoms with Gasteiger partial charge in [0, 0.05) is 30.4 Å². The van der Waals surface area contributed by atoms with Crippen molar-refractivity contribution < 1.29 is 18.7 Å². The third-order valence-electron chi connectivity index (χ3n) is 5.72. The Morgan fingerprint density at radius 2 is 1.81 bits per heavy atom. The van der Waals surface area contributed by atoms with Crippen molar-refractivity contribution in [1.29, 1.82) is 0 Å². The maximum atomic E-state index is 13.1. The summed E-state index contributed by atoms with van der Waals surface area (Å²) < 4.78 is 24.3. The van der Waals surface area contributed by atoms with E-state index in [0.29, 0.717) is 42.6 Å². The molecule has 0 bridgehead atoms. The summed E-state index contributed by atoms with van der Waals surface area (Å²) in [5.41, 5.74) is 2.18. The number of carbonyl (C=O) groups excluding carboxylic acids is 1. The van der Waals surface area contributed by atoms with Gasteiger partial charge in [-0.1, -0.05) is 0 Å². The van der Waals surface area contributed by atoms with E-state index in [9.17, 15) is 9.18 Å². The van der Waals surface area contributed by atoms with E-state index in [2.05, 4.69) is 20.4 Å². The van der Waals surface area contributed by atoms with Gasteiger partial charge in [0.2, 0.25) is 5.91 Å². The molecule has 1 fully saturated rings. The molecule has 1 atom stereocenters. The quantitative estimate of drug-likeness (QED) is 0.671. The van der Waals surface area contributed by atoms with Gasteiger partial charge in [-0.05, 0) is 61.4 Å². The van der Waals surface area contributed by atoms with E-state index in [4.69, 9.17) is 9.47 Å². The van der Waals surface area contributed by atoms with Gasteiger partial charge in [0.1, 0.15) is 19.0 Å². The third-order valence-corrected chi connectivity index (χ3v) is 5.72. The summed E-state index contributed by atoms with van der Waals surface area (Å²) in [6.45, 7) is 2.42. The second kappa shape index (κ2) is 8.82. The van der Waals surface area contributed by atoms with Gasteiger partial charge in [0.05, 0.1) is 11.6 Å². The topological polar surface area (TPSA) is 76.6 Å². The molecule has 32 heavy (non-hydrogen) atoms. The SMILES string of the molecule is O=C(Nc1ccc2c(c1)OCCO2)C1CCCN(c2ccc(-c3ccc(F)cc3)nn2)C1. The Balaban J connectivity index is 1.24. The first-order valence-electron chi connectivity index (χ1n) is 10.7. The highest BCUT2D eigenvalue weighted by Crippen LogP contribution is 2.33. The largest absolute Gasteiger partial charge is 0.486 e. The molecule has 7 nitrogen and oxygen atoms in total. The predicted octanol–water partition coefficient (Wildman–Crippen LogP) is 3.91. The molecule has 2 aliphatic rings. The molecular formula is C24H23FN4O3. The lowest BCUT2D eigenvalue weighted by molar-refractivity contribution is -0.120. The van der Waals surface area contributed by atoms with E-state index in [0.717, 1.165) is 30.8 Å². The molecule has 2 aromatic carbocycles. The molecule has 0 spiro atoms. The Morgan fingerprint density at radius 1 is 1.00 bits per heavy atom. The van der Waals surface area contributed by atoms with Gasteiger partial charge >= 0.3 is 0 Å². The van der Waals surface area contributed by atoms with E-state index in [1.165, 1.54) is 12.1 Å². The second-order valence-electron chi connectivity index (χ2n) is 7.92. The fraction of sp³-hybridized carbons (Fsp3) is 0.292. The molecule has 0 aliphatic carbocycles. The zero-order valence-electron chi connectivity index (χ0n) is 17.5. The summed E-state index contributed by atoms with van der Waals surface area (Å²) in [4.78, 5) is 15.0. The maximum Gasteiger partial charge on any atom is 0.229 e. The van der Waals surface area contributed by atoms with Crippen LogP contribution in [-0.4, -0.2) is 42.4 Å². The molecule has 8 heteroatoms. The number of hydrogen-bond donors (Lipinski definition) is 1. The number of rotatable bonds is 4. The van der Waals surface area contributed by atoms with Crippen LogP contribution in [-0.2, 0) is 4.79 Å². The van der Waals surface area contributed by atoms with Crippen molar-refractivity contribution >= 4 is 17.4 Å². The molecule has 0 radical (unpaired) electrons. The van der Waals surface area contributed by atoms with Crippen molar-refractivity contribution in [3.05, 3.63) is 60.4 Å². The van der Waals surface area contributed by atoms with E-state index in [1.54, 1.807) is 18.2 Å². The number of anilines is 2. The fourth-order valence-electron chi connectivity index (χ4n) is 4.03. The molecule has 3 heterocycles. The molecule has 164 valence electrons. The number of nitrogens with zero attached hydrogens (tertiary/aromatic N) is 3. The predicted molar refractivity (Wildman–Crippen MR) is 118 cm³/mol. The van der Waals surface area contributed by atoms with Gasteiger partial charge in [-0.3, -0.25) is 4.79 Å². The number of ether oxygens (including phenoxy) is 2. The van der Waals surface area contributed by atoms with Gasteiger partial charge in [0.15, 0.2) is 17.3 Å². The molecule has 1 aromatic heterocycles. The number of hydrogen-bond acceptors (Lipinski definition) is 6. The highest BCUT2D eigenvalue weighted by atomic mass is 19.1. The number of aromatic nitrogens is 2. The lowest BCUT2D eigenvalue weighted by atomic mass is 9.97. The summed E-state index contributed by atoms with van der Waals surface area (Å²) in [6.07, 6.45) is 1.70. The zero-order valence-corrected chi connectivity index (χ0v) is 17.5. The number of carbonyl (C=O) groups is 1. The van der Waals surface area contributed by atoms with Crippen LogP contribution in [0.1, 0.15) is 12.8 Å². The van der Waals surface area contributed by atoms with Gasteiger partial charge < -0.3 is 19.7 Å². The third kappa shape index (κ3) is 4.34. The fourth-order valence-corrected chi connectivity index (χ4v) is 4.03. The maximum absolute atomic E-state index is 13.1. The lowest BCUT2D eigenvalue weighted by Crippen LogP contribution is -2.41.